The zero-order valence-electron chi connectivity index (χ0n) is 22.6. The maximum atomic E-state index is 14.7. The predicted molar refractivity (Wildman–Crippen MR) is 141 cm³/mol. The fraction of sp³-hybridized carbons (Fsp3) is 0.333. The lowest BCUT2D eigenvalue weighted by Crippen LogP contribution is -2.59. The van der Waals surface area contributed by atoms with Gasteiger partial charge in [0.25, 0.3) is 5.91 Å². The molecule has 2 N–H and O–H groups in total. The molecule has 0 bridgehead atoms. The standard InChI is InChI=1S/C30H24F6N4O3/c1-14-19(20-8-18(31)9-22(32)24(20)33)10-23(27(42)40(14)13-30(34,35)36)38-26(41)15-4-5-16-11-29(12-17(16)7-15)21-3-2-6-37-25(21)39-28(29)43/h2-9,14,19,23H,10-13H2,1H3,(H,38,41)(H,37,39,43)/t14-,19-,23+,29-/m1/s1. The summed E-state index contributed by atoms with van der Waals surface area (Å²) in [6.07, 6.45) is -3.01. The minimum Gasteiger partial charge on any atom is -0.340 e. The van der Waals surface area contributed by atoms with Gasteiger partial charge in [0.2, 0.25) is 11.8 Å². The number of likely N-dealkylation sites (tertiary alicyclic amines) is 1. The minimum absolute atomic E-state index is 0.0916. The van der Waals surface area contributed by atoms with E-state index in [1.807, 2.05) is 6.07 Å². The van der Waals surface area contributed by atoms with E-state index in [2.05, 4.69) is 15.6 Å². The quantitative estimate of drug-likeness (QED) is 0.339. The number of carbonyl (C=O) groups excluding carboxylic acids is 3. The molecule has 2 aromatic carbocycles. The molecule has 1 aliphatic carbocycles. The highest BCUT2D eigenvalue weighted by molar-refractivity contribution is 6.06. The lowest BCUT2D eigenvalue weighted by atomic mass is 9.79. The molecule has 0 saturated carbocycles. The molecule has 6 rings (SSSR count). The second kappa shape index (κ2) is 10.1. The second-order valence-electron chi connectivity index (χ2n) is 11.3. The SMILES string of the molecule is C[C@@H]1[C@H](c2cc(F)cc(F)c2F)C[C@H](NC(=O)c2ccc3c(c2)C[C@@]2(C3)C(=O)Nc3ncccc32)C(=O)N1CC(F)(F)F. The molecule has 2 aliphatic heterocycles. The number of pyridine rings is 1. The van der Waals surface area contributed by atoms with Crippen LogP contribution in [0.2, 0.25) is 0 Å². The summed E-state index contributed by atoms with van der Waals surface area (Å²) in [5.74, 6) is -6.95. The highest BCUT2D eigenvalue weighted by Crippen LogP contribution is 2.46. The number of rotatable bonds is 4. The van der Waals surface area contributed by atoms with E-state index in [1.165, 1.54) is 13.0 Å². The average Bonchev–Trinajstić information content (AvgIpc) is 3.46. The van der Waals surface area contributed by atoms with Crippen LogP contribution in [0.1, 0.15) is 51.9 Å². The molecule has 3 aromatic rings. The third-order valence-corrected chi connectivity index (χ3v) is 8.66. The van der Waals surface area contributed by atoms with E-state index in [1.54, 1.807) is 24.4 Å². The molecule has 3 amide bonds. The van der Waals surface area contributed by atoms with Gasteiger partial charge < -0.3 is 15.5 Å². The third kappa shape index (κ3) is 4.90. The van der Waals surface area contributed by atoms with Crippen molar-refractivity contribution in [2.75, 3.05) is 11.9 Å². The predicted octanol–water partition coefficient (Wildman–Crippen LogP) is 4.55. The Kier molecular flexibility index (Phi) is 6.73. The van der Waals surface area contributed by atoms with Gasteiger partial charge in [-0.25, -0.2) is 18.2 Å². The zero-order chi connectivity index (χ0) is 30.8. The molecule has 224 valence electrons. The van der Waals surface area contributed by atoms with Gasteiger partial charge in [0.1, 0.15) is 24.2 Å². The summed E-state index contributed by atoms with van der Waals surface area (Å²) in [6.45, 7) is -0.466. The number of hydrogen-bond donors (Lipinski definition) is 2. The molecule has 0 radical (unpaired) electrons. The van der Waals surface area contributed by atoms with Crippen LogP contribution in [0.5, 0.6) is 0 Å². The van der Waals surface area contributed by atoms with Crippen LogP contribution in [0.15, 0.2) is 48.7 Å². The van der Waals surface area contributed by atoms with Crippen LogP contribution in [0.25, 0.3) is 0 Å². The molecular formula is C30H24F6N4O3. The van der Waals surface area contributed by atoms with E-state index >= 15 is 0 Å². The summed E-state index contributed by atoms with van der Waals surface area (Å²) >= 11 is 0. The van der Waals surface area contributed by atoms with Gasteiger partial charge in [-0.3, -0.25) is 14.4 Å². The van der Waals surface area contributed by atoms with E-state index in [9.17, 15) is 40.7 Å². The maximum absolute atomic E-state index is 14.7. The van der Waals surface area contributed by atoms with E-state index in [0.717, 1.165) is 11.1 Å². The molecule has 1 aromatic heterocycles. The number of benzene rings is 2. The number of hydrogen-bond acceptors (Lipinski definition) is 4. The van der Waals surface area contributed by atoms with E-state index in [4.69, 9.17) is 0 Å². The molecular weight excluding hydrogens is 578 g/mol. The third-order valence-electron chi connectivity index (χ3n) is 8.66. The van der Waals surface area contributed by atoms with Crippen molar-refractivity contribution in [3.05, 3.63) is 93.9 Å². The van der Waals surface area contributed by atoms with Gasteiger partial charge in [-0.05, 0) is 67.1 Å². The average molecular weight is 603 g/mol. The van der Waals surface area contributed by atoms with Crippen LogP contribution in [-0.4, -0.2) is 52.4 Å². The van der Waals surface area contributed by atoms with Gasteiger partial charge in [-0.1, -0.05) is 12.1 Å². The normalized spacial score (nSPS) is 24.6. The Hall–Kier alpha value is -4.42. The monoisotopic (exact) mass is 602 g/mol. The Labute approximate surface area is 241 Å². The van der Waals surface area contributed by atoms with Crippen LogP contribution in [-0.2, 0) is 27.8 Å². The molecule has 4 atom stereocenters. The minimum atomic E-state index is -4.83. The summed E-state index contributed by atoms with van der Waals surface area (Å²) in [5, 5.41) is 5.24. The van der Waals surface area contributed by atoms with Crippen molar-refractivity contribution in [2.45, 2.75) is 55.8 Å². The van der Waals surface area contributed by atoms with Crippen LogP contribution in [0.4, 0.5) is 32.2 Å². The maximum Gasteiger partial charge on any atom is 0.406 e. The molecule has 0 unspecified atom stereocenters. The van der Waals surface area contributed by atoms with Crippen molar-refractivity contribution in [3.8, 4) is 0 Å². The molecule has 3 aliphatic rings. The molecule has 43 heavy (non-hydrogen) atoms. The number of amides is 3. The first kappa shape index (κ1) is 28.7. The molecule has 1 saturated heterocycles. The van der Waals surface area contributed by atoms with Crippen LogP contribution >= 0.6 is 0 Å². The summed E-state index contributed by atoms with van der Waals surface area (Å²) in [7, 11) is 0. The zero-order valence-corrected chi connectivity index (χ0v) is 22.6. The number of nitrogens with one attached hydrogen (secondary N) is 2. The van der Waals surface area contributed by atoms with Crippen molar-refractivity contribution in [2.24, 2.45) is 0 Å². The molecule has 1 fully saturated rings. The Bertz CT molecular complexity index is 1680. The molecule has 7 nitrogen and oxygen atoms in total. The second-order valence-corrected chi connectivity index (χ2v) is 11.3. The van der Waals surface area contributed by atoms with Crippen molar-refractivity contribution in [3.63, 3.8) is 0 Å². The summed E-state index contributed by atoms with van der Waals surface area (Å²) < 4.78 is 83.1. The van der Waals surface area contributed by atoms with Crippen LogP contribution in [0, 0.1) is 17.5 Å². The number of anilines is 1. The smallest absolute Gasteiger partial charge is 0.340 e. The summed E-state index contributed by atoms with van der Waals surface area (Å²) in [4.78, 5) is 44.2. The fourth-order valence-electron chi connectivity index (χ4n) is 6.59. The highest BCUT2D eigenvalue weighted by atomic mass is 19.4. The van der Waals surface area contributed by atoms with Crippen molar-refractivity contribution in [1.82, 2.24) is 15.2 Å². The Balaban J connectivity index is 1.28. The van der Waals surface area contributed by atoms with Gasteiger partial charge in [-0.15, -0.1) is 0 Å². The number of carbonyl (C=O) groups is 3. The Morgan fingerprint density at radius 1 is 1.09 bits per heavy atom. The van der Waals surface area contributed by atoms with Crippen molar-refractivity contribution >= 4 is 23.5 Å². The number of piperidine rings is 1. The van der Waals surface area contributed by atoms with Gasteiger partial charge in [0, 0.05) is 35.3 Å². The fourth-order valence-corrected chi connectivity index (χ4v) is 6.59. The number of alkyl halides is 3. The van der Waals surface area contributed by atoms with E-state index < -0.39 is 77.4 Å². The number of aromatic nitrogens is 1. The van der Waals surface area contributed by atoms with Crippen molar-refractivity contribution in [1.29, 1.82) is 0 Å². The van der Waals surface area contributed by atoms with Crippen LogP contribution < -0.4 is 10.6 Å². The summed E-state index contributed by atoms with van der Waals surface area (Å²) in [5.41, 5.74) is 0.931. The summed E-state index contributed by atoms with van der Waals surface area (Å²) in [6, 6.07) is 6.42. The largest absolute Gasteiger partial charge is 0.406 e. The topological polar surface area (TPSA) is 91.4 Å². The Morgan fingerprint density at radius 2 is 1.84 bits per heavy atom. The first-order valence-electron chi connectivity index (χ1n) is 13.5. The number of fused-ring (bicyclic) bond motifs is 3. The molecule has 1 spiro atoms. The van der Waals surface area contributed by atoms with Crippen LogP contribution in [0.3, 0.4) is 0 Å². The first-order chi connectivity index (χ1) is 20.3. The number of halogens is 6. The van der Waals surface area contributed by atoms with Gasteiger partial charge in [0.15, 0.2) is 11.6 Å². The molecule has 3 heterocycles. The van der Waals surface area contributed by atoms with Gasteiger partial charge in [0.05, 0.1) is 5.41 Å². The van der Waals surface area contributed by atoms with Crippen molar-refractivity contribution < 1.29 is 40.7 Å². The van der Waals surface area contributed by atoms with Gasteiger partial charge in [-0.2, -0.15) is 13.2 Å². The van der Waals surface area contributed by atoms with Gasteiger partial charge >= 0.3 is 6.18 Å². The highest BCUT2D eigenvalue weighted by Gasteiger charge is 2.51. The van der Waals surface area contributed by atoms with E-state index in [-0.39, 0.29) is 17.9 Å². The lowest BCUT2D eigenvalue weighted by Gasteiger charge is -2.43. The molecule has 13 heteroatoms. The number of nitrogens with zero attached hydrogens (tertiary/aromatic N) is 2. The van der Waals surface area contributed by atoms with E-state index in [0.29, 0.717) is 34.8 Å². The first-order valence-corrected chi connectivity index (χ1v) is 13.5. The lowest BCUT2D eigenvalue weighted by molar-refractivity contribution is -0.170. The Morgan fingerprint density at radius 3 is 2.58 bits per heavy atom.